The maximum absolute atomic E-state index is 12.5. The summed E-state index contributed by atoms with van der Waals surface area (Å²) in [6.45, 7) is 0. The third-order valence-electron chi connectivity index (χ3n) is 4.66. The fraction of sp³-hybridized carbons (Fsp3) is 0.263. The summed E-state index contributed by atoms with van der Waals surface area (Å²) in [7, 11) is -1.48. The number of rotatable bonds is 5. The number of methoxy groups -OCH3 is 1. The highest BCUT2D eigenvalue weighted by atomic mass is 32.2. The van der Waals surface area contributed by atoms with E-state index in [1.165, 1.54) is 11.3 Å². The molecule has 0 spiro atoms. The van der Waals surface area contributed by atoms with Crippen molar-refractivity contribution in [3.8, 4) is 17.0 Å². The van der Waals surface area contributed by atoms with Crippen molar-refractivity contribution >= 4 is 32.9 Å². The Morgan fingerprint density at radius 3 is 2.68 bits per heavy atom. The van der Waals surface area contributed by atoms with Gasteiger partial charge in [-0.05, 0) is 42.1 Å². The van der Waals surface area contributed by atoms with E-state index in [2.05, 4.69) is 10.4 Å². The molecule has 1 amide bonds. The van der Waals surface area contributed by atoms with E-state index in [4.69, 9.17) is 4.74 Å². The summed E-state index contributed by atoms with van der Waals surface area (Å²) in [6, 6.07) is 12.4. The number of benzene rings is 1. The number of amides is 1. The molecule has 1 N–H and O–H groups in total. The number of thiophene rings is 1. The van der Waals surface area contributed by atoms with Crippen LogP contribution in [0.25, 0.3) is 11.3 Å². The first-order valence-corrected chi connectivity index (χ1v) is 11.4. The minimum Gasteiger partial charge on any atom is -0.497 e. The fourth-order valence-corrected chi connectivity index (χ4v) is 5.53. The van der Waals surface area contributed by atoms with Gasteiger partial charge in [0.05, 0.1) is 35.2 Å². The molecular formula is C19H19N3O4S2. The zero-order valence-electron chi connectivity index (χ0n) is 15.2. The second-order valence-corrected chi connectivity index (χ2v) is 9.75. The van der Waals surface area contributed by atoms with Crippen molar-refractivity contribution < 1.29 is 17.9 Å². The average molecular weight is 418 g/mol. The number of nitrogens with zero attached hydrogens (tertiary/aromatic N) is 2. The Bertz CT molecular complexity index is 1090. The molecule has 0 unspecified atom stereocenters. The summed E-state index contributed by atoms with van der Waals surface area (Å²) in [5.74, 6) is 1.15. The lowest BCUT2D eigenvalue weighted by molar-refractivity contribution is 0.102. The van der Waals surface area contributed by atoms with E-state index in [-0.39, 0.29) is 23.5 Å². The molecule has 1 atom stereocenters. The average Bonchev–Trinajstić information content (AvgIpc) is 3.41. The van der Waals surface area contributed by atoms with Crippen LogP contribution < -0.4 is 10.1 Å². The molecule has 0 aliphatic carbocycles. The summed E-state index contributed by atoms with van der Waals surface area (Å²) < 4.78 is 30.7. The SMILES string of the molecule is COc1ccc(-c2cc(NC(=O)c3cccs3)n([C@H]3CCS(=O)(=O)C3)n2)cc1. The monoisotopic (exact) mass is 417 g/mol. The van der Waals surface area contributed by atoms with Crippen LogP contribution in [-0.2, 0) is 9.84 Å². The summed E-state index contributed by atoms with van der Waals surface area (Å²) in [5, 5.41) is 9.33. The molecule has 1 aliphatic rings. The third-order valence-corrected chi connectivity index (χ3v) is 7.28. The molecule has 146 valence electrons. The van der Waals surface area contributed by atoms with Gasteiger partial charge in [-0.3, -0.25) is 4.79 Å². The largest absolute Gasteiger partial charge is 0.497 e. The van der Waals surface area contributed by atoms with Gasteiger partial charge in [0.25, 0.3) is 5.91 Å². The zero-order chi connectivity index (χ0) is 19.7. The van der Waals surface area contributed by atoms with E-state index >= 15 is 0 Å². The second-order valence-electron chi connectivity index (χ2n) is 6.58. The highest BCUT2D eigenvalue weighted by Crippen LogP contribution is 2.31. The van der Waals surface area contributed by atoms with Gasteiger partial charge < -0.3 is 10.1 Å². The topological polar surface area (TPSA) is 90.3 Å². The van der Waals surface area contributed by atoms with E-state index < -0.39 is 9.84 Å². The molecule has 0 bridgehead atoms. The van der Waals surface area contributed by atoms with Crippen LogP contribution in [0, 0.1) is 0 Å². The van der Waals surface area contributed by atoms with Crippen molar-refractivity contribution in [2.45, 2.75) is 12.5 Å². The predicted octanol–water partition coefficient (Wildman–Crippen LogP) is 3.23. The minimum atomic E-state index is -3.08. The summed E-state index contributed by atoms with van der Waals surface area (Å²) >= 11 is 1.34. The van der Waals surface area contributed by atoms with Gasteiger partial charge >= 0.3 is 0 Å². The first kappa shape index (κ1) is 18.7. The number of nitrogens with one attached hydrogen (secondary N) is 1. The Morgan fingerprint density at radius 2 is 2.07 bits per heavy atom. The van der Waals surface area contributed by atoms with E-state index in [1.807, 2.05) is 35.7 Å². The third kappa shape index (κ3) is 3.81. The van der Waals surface area contributed by atoms with Crippen molar-refractivity contribution in [1.29, 1.82) is 0 Å². The van der Waals surface area contributed by atoms with E-state index in [1.54, 1.807) is 23.9 Å². The maximum Gasteiger partial charge on any atom is 0.266 e. The fourth-order valence-electron chi connectivity index (χ4n) is 3.22. The number of carbonyl (C=O) groups excluding carboxylic acids is 1. The standard InChI is InChI=1S/C19H19N3O4S2/c1-26-15-6-4-13(5-7-15)16-11-18(20-19(23)17-3-2-9-27-17)22(21-16)14-8-10-28(24,25)12-14/h2-7,9,11,14H,8,10,12H2,1H3,(H,20,23)/t14-/m0/s1. The highest BCUT2D eigenvalue weighted by Gasteiger charge is 2.32. The lowest BCUT2D eigenvalue weighted by Gasteiger charge is -2.13. The normalized spacial score (nSPS) is 18.1. The van der Waals surface area contributed by atoms with Gasteiger partial charge in [0.2, 0.25) is 0 Å². The van der Waals surface area contributed by atoms with E-state index in [0.717, 1.165) is 11.3 Å². The predicted molar refractivity (Wildman–Crippen MR) is 109 cm³/mol. The molecule has 1 fully saturated rings. The maximum atomic E-state index is 12.5. The molecule has 0 radical (unpaired) electrons. The summed E-state index contributed by atoms with van der Waals surface area (Å²) in [6.07, 6.45) is 0.480. The van der Waals surface area contributed by atoms with Crippen LogP contribution in [0.1, 0.15) is 22.1 Å². The van der Waals surface area contributed by atoms with Crippen molar-refractivity contribution in [3.05, 3.63) is 52.7 Å². The van der Waals surface area contributed by atoms with Crippen molar-refractivity contribution in [3.63, 3.8) is 0 Å². The molecule has 1 aromatic carbocycles. The number of hydrogen-bond donors (Lipinski definition) is 1. The number of anilines is 1. The first-order chi connectivity index (χ1) is 13.4. The molecule has 3 aromatic rings. The molecule has 28 heavy (non-hydrogen) atoms. The van der Waals surface area contributed by atoms with Crippen molar-refractivity contribution in [2.24, 2.45) is 0 Å². The van der Waals surface area contributed by atoms with Crippen LogP contribution in [-0.4, -0.2) is 42.7 Å². The van der Waals surface area contributed by atoms with Gasteiger partial charge in [-0.25, -0.2) is 13.1 Å². The van der Waals surface area contributed by atoms with Crippen molar-refractivity contribution in [1.82, 2.24) is 9.78 Å². The van der Waals surface area contributed by atoms with Crippen LogP contribution in [0.4, 0.5) is 5.82 Å². The molecule has 7 nitrogen and oxygen atoms in total. The molecule has 2 aromatic heterocycles. The van der Waals surface area contributed by atoms with Gasteiger partial charge in [-0.15, -0.1) is 11.3 Å². The summed E-state index contributed by atoms with van der Waals surface area (Å²) in [4.78, 5) is 13.1. The van der Waals surface area contributed by atoms with Crippen LogP contribution in [0.2, 0.25) is 0 Å². The first-order valence-electron chi connectivity index (χ1n) is 8.74. The van der Waals surface area contributed by atoms with Crippen LogP contribution in [0.3, 0.4) is 0 Å². The number of aromatic nitrogens is 2. The Morgan fingerprint density at radius 1 is 1.29 bits per heavy atom. The second kappa shape index (κ2) is 7.40. The number of carbonyl (C=O) groups is 1. The molecule has 4 rings (SSSR count). The van der Waals surface area contributed by atoms with E-state index in [9.17, 15) is 13.2 Å². The van der Waals surface area contributed by atoms with Crippen LogP contribution in [0.5, 0.6) is 5.75 Å². The Hall–Kier alpha value is -2.65. The van der Waals surface area contributed by atoms with Crippen molar-refractivity contribution in [2.75, 3.05) is 23.9 Å². The molecule has 0 saturated carbocycles. The lowest BCUT2D eigenvalue weighted by Crippen LogP contribution is -2.19. The van der Waals surface area contributed by atoms with Gasteiger partial charge in [0, 0.05) is 11.6 Å². The van der Waals surface area contributed by atoms with E-state index in [0.29, 0.717) is 22.8 Å². The molecular weight excluding hydrogens is 398 g/mol. The summed E-state index contributed by atoms with van der Waals surface area (Å²) in [5.41, 5.74) is 1.51. The van der Waals surface area contributed by atoms with Crippen LogP contribution in [0.15, 0.2) is 47.8 Å². The molecule has 1 aliphatic heterocycles. The molecule has 9 heteroatoms. The lowest BCUT2D eigenvalue weighted by atomic mass is 10.1. The Labute approximate surface area is 166 Å². The molecule has 3 heterocycles. The number of hydrogen-bond acceptors (Lipinski definition) is 6. The number of ether oxygens (including phenoxy) is 1. The molecule has 1 saturated heterocycles. The Kier molecular flexibility index (Phi) is 4.94. The van der Waals surface area contributed by atoms with Gasteiger partial charge in [0.15, 0.2) is 9.84 Å². The smallest absolute Gasteiger partial charge is 0.266 e. The quantitative estimate of drug-likeness (QED) is 0.688. The van der Waals surface area contributed by atoms with Gasteiger partial charge in [-0.1, -0.05) is 6.07 Å². The van der Waals surface area contributed by atoms with Gasteiger partial charge in [0.1, 0.15) is 11.6 Å². The minimum absolute atomic E-state index is 0.0264. The number of sulfone groups is 1. The Balaban J connectivity index is 1.69. The highest BCUT2D eigenvalue weighted by molar-refractivity contribution is 7.91. The van der Waals surface area contributed by atoms with Gasteiger partial charge in [-0.2, -0.15) is 5.10 Å². The van der Waals surface area contributed by atoms with Crippen LogP contribution >= 0.6 is 11.3 Å². The zero-order valence-corrected chi connectivity index (χ0v) is 16.8.